The smallest absolute Gasteiger partial charge is 0.191 e. The summed E-state index contributed by atoms with van der Waals surface area (Å²) in [5.41, 5.74) is 3.28. The van der Waals surface area contributed by atoms with Gasteiger partial charge >= 0.3 is 0 Å². The number of ether oxygens (including phenoxy) is 2. The summed E-state index contributed by atoms with van der Waals surface area (Å²) in [6.07, 6.45) is 2.66. The third-order valence-electron chi connectivity index (χ3n) is 3.92. The lowest BCUT2D eigenvalue weighted by Gasteiger charge is -2.13. The van der Waals surface area contributed by atoms with Gasteiger partial charge in [0.15, 0.2) is 5.96 Å². The first kappa shape index (κ1) is 20.7. The molecule has 1 aromatic carbocycles. The molecule has 0 aliphatic heterocycles. The van der Waals surface area contributed by atoms with Gasteiger partial charge in [0, 0.05) is 44.1 Å². The van der Waals surface area contributed by atoms with Crippen molar-refractivity contribution in [2.24, 2.45) is 4.99 Å². The average molecular weight is 370 g/mol. The standard InChI is InChI=1S/C21H30N4O2/c1-4-22-21(24-12-10-19-7-5-6-11-23-19)25-16-18-9-8-17(2)15-20(18)27-14-13-26-3/h5-9,11,15H,4,10,12-14,16H2,1-3H3,(H2,22,24,25). The summed E-state index contributed by atoms with van der Waals surface area (Å²) in [6, 6.07) is 12.2. The third kappa shape index (κ3) is 7.66. The van der Waals surface area contributed by atoms with Crippen molar-refractivity contribution in [1.82, 2.24) is 15.6 Å². The average Bonchev–Trinajstić information content (AvgIpc) is 2.68. The van der Waals surface area contributed by atoms with E-state index in [1.807, 2.05) is 30.5 Å². The number of aromatic nitrogens is 1. The molecule has 0 fully saturated rings. The molecule has 2 N–H and O–H groups in total. The van der Waals surface area contributed by atoms with E-state index in [1.165, 1.54) is 0 Å². The zero-order chi connectivity index (χ0) is 19.3. The van der Waals surface area contributed by atoms with Crippen LogP contribution in [0.5, 0.6) is 5.75 Å². The first-order chi connectivity index (χ1) is 13.2. The molecule has 0 saturated carbocycles. The predicted octanol–water partition coefficient (Wildman–Crippen LogP) is 2.71. The van der Waals surface area contributed by atoms with Crippen LogP contribution in [0.1, 0.15) is 23.7 Å². The normalized spacial score (nSPS) is 11.3. The van der Waals surface area contributed by atoms with E-state index in [0.717, 1.165) is 48.0 Å². The maximum absolute atomic E-state index is 5.85. The van der Waals surface area contributed by atoms with Crippen LogP contribution in [-0.4, -0.2) is 44.4 Å². The summed E-state index contributed by atoms with van der Waals surface area (Å²) < 4.78 is 10.9. The minimum Gasteiger partial charge on any atom is -0.491 e. The molecule has 0 bridgehead atoms. The molecular formula is C21H30N4O2. The van der Waals surface area contributed by atoms with Gasteiger partial charge in [-0.2, -0.15) is 0 Å². The van der Waals surface area contributed by atoms with Crippen LogP contribution in [0.2, 0.25) is 0 Å². The number of hydrogen-bond acceptors (Lipinski definition) is 4. The summed E-state index contributed by atoms with van der Waals surface area (Å²) >= 11 is 0. The van der Waals surface area contributed by atoms with Gasteiger partial charge in [-0.15, -0.1) is 0 Å². The molecule has 0 aliphatic rings. The van der Waals surface area contributed by atoms with Crippen molar-refractivity contribution in [3.05, 3.63) is 59.4 Å². The van der Waals surface area contributed by atoms with Crippen molar-refractivity contribution in [1.29, 1.82) is 0 Å². The van der Waals surface area contributed by atoms with Gasteiger partial charge in [-0.25, -0.2) is 4.99 Å². The van der Waals surface area contributed by atoms with E-state index >= 15 is 0 Å². The quantitative estimate of drug-likeness (QED) is 0.382. The largest absolute Gasteiger partial charge is 0.491 e. The highest BCUT2D eigenvalue weighted by Crippen LogP contribution is 2.21. The number of hydrogen-bond donors (Lipinski definition) is 2. The molecule has 6 heteroatoms. The Labute approximate surface area is 162 Å². The fourth-order valence-corrected chi connectivity index (χ4v) is 2.52. The first-order valence-electron chi connectivity index (χ1n) is 9.36. The molecule has 1 heterocycles. The molecule has 6 nitrogen and oxygen atoms in total. The summed E-state index contributed by atoms with van der Waals surface area (Å²) in [4.78, 5) is 9.04. The van der Waals surface area contributed by atoms with Crippen molar-refractivity contribution >= 4 is 5.96 Å². The first-order valence-corrected chi connectivity index (χ1v) is 9.36. The summed E-state index contributed by atoms with van der Waals surface area (Å²) in [5.74, 6) is 1.65. The van der Waals surface area contributed by atoms with E-state index in [1.54, 1.807) is 7.11 Å². The molecule has 0 spiro atoms. The number of guanidine groups is 1. The number of benzene rings is 1. The zero-order valence-corrected chi connectivity index (χ0v) is 16.5. The molecule has 27 heavy (non-hydrogen) atoms. The van der Waals surface area contributed by atoms with E-state index in [9.17, 15) is 0 Å². The maximum Gasteiger partial charge on any atom is 0.191 e. The number of methoxy groups -OCH3 is 1. The number of nitrogens with zero attached hydrogens (tertiary/aromatic N) is 2. The molecule has 0 unspecified atom stereocenters. The van der Waals surface area contributed by atoms with Crippen LogP contribution >= 0.6 is 0 Å². The van der Waals surface area contributed by atoms with Gasteiger partial charge in [0.25, 0.3) is 0 Å². The van der Waals surface area contributed by atoms with E-state index in [4.69, 9.17) is 14.5 Å². The number of pyridine rings is 1. The fraction of sp³-hybridized carbons (Fsp3) is 0.429. The lowest BCUT2D eigenvalue weighted by atomic mass is 10.1. The highest BCUT2D eigenvalue weighted by molar-refractivity contribution is 5.79. The van der Waals surface area contributed by atoms with Crippen LogP contribution in [0.3, 0.4) is 0 Å². The molecule has 1 aromatic heterocycles. The van der Waals surface area contributed by atoms with Crippen LogP contribution in [0, 0.1) is 6.92 Å². The minimum absolute atomic E-state index is 0.527. The van der Waals surface area contributed by atoms with E-state index in [2.05, 4.69) is 41.6 Å². The Kier molecular flexibility index (Phi) is 9.13. The Balaban J connectivity index is 1.96. The highest BCUT2D eigenvalue weighted by Gasteiger charge is 2.05. The van der Waals surface area contributed by atoms with Gasteiger partial charge in [-0.05, 0) is 37.6 Å². The van der Waals surface area contributed by atoms with Crippen molar-refractivity contribution in [2.45, 2.75) is 26.8 Å². The summed E-state index contributed by atoms with van der Waals surface area (Å²) in [5, 5.41) is 6.64. The fourth-order valence-electron chi connectivity index (χ4n) is 2.52. The van der Waals surface area contributed by atoms with Gasteiger partial charge in [-0.1, -0.05) is 18.2 Å². The van der Waals surface area contributed by atoms with Crippen LogP contribution in [0.15, 0.2) is 47.6 Å². The topological polar surface area (TPSA) is 67.8 Å². The second-order valence-corrected chi connectivity index (χ2v) is 6.15. The Morgan fingerprint density at radius 3 is 2.78 bits per heavy atom. The van der Waals surface area contributed by atoms with Gasteiger partial charge in [-0.3, -0.25) is 4.98 Å². The van der Waals surface area contributed by atoms with Crippen molar-refractivity contribution in [3.8, 4) is 5.75 Å². The SMILES string of the molecule is CCNC(=NCc1ccc(C)cc1OCCOC)NCCc1ccccn1. The van der Waals surface area contributed by atoms with E-state index in [0.29, 0.717) is 19.8 Å². The Hall–Kier alpha value is -2.60. The number of nitrogens with one attached hydrogen (secondary N) is 2. The van der Waals surface area contributed by atoms with Crippen molar-refractivity contribution < 1.29 is 9.47 Å². The highest BCUT2D eigenvalue weighted by atomic mass is 16.5. The second kappa shape index (κ2) is 11.9. The molecule has 146 valence electrons. The van der Waals surface area contributed by atoms with Gasteiger partial charge in [0.05, 0.1) is 13.2 Å². The molecule has 0 aliphatic carbocycles. The van der Waals surface area contributed by atoms with Gasteiger partial charge in [0.2, 0.25) is 0 Å². The predicted molar refractivity (Wildman–Crippen MR) is 109 cm³/mol. The van der Waals surface area contributed by atoms with Crippen LogP contribution < -0.4 is 15.4 Å². The van der Waals surface area contributed by atoms with Gasteiger partial charge < -0.3 is 20.1 Å². The zero-order valence-electron chi connectivity index (χ0n) is 16.5. The summed E-state index contributed by atoms with van der Waals surface area (Å²) in [7, 11) is 1.67. The molecule has 0 radical (unpaired) electrons. The Bertz CT molecular complexity index is 705. The van der Waals surface area contributed by atoms with Crippen LogP contribution in [-0.2, 0) is 17.7 Å². The van der Waals surface area contributed by atoms with Crippen LogP contribution in [0.25, 0.3) is 0 Å². The maximum atomic E-state index is 5.85. The molecular weight excluding hydrogens is 340 g/mol. The number of rotatable bonds is 10. The van der Waals surface area contributed by atoms with Crippen LogP contribution in [0.4, 0.5) is 0 Å². The molecule has 0 amide bonds. The van der Waals surface area contributed by atoms with E-state index in [-0.39, 0.29) is 0 Å². The monoisotopic (exact) mass is 370 g/mol. The summed E-state index contributed by atoms with van der Waals surface area (Å²) in [6.45, 7) is 7.32. The number of aryl methyl sites for hydroxylation is 1. The Morgan fingerprint density at radius 2 is 2.04 bits per heavy atom. The lowest BCUT2D eigenvalue weighted by molar-refractivity contribution is 0.145. The van der Waals surface area contributed by atoms with E-state index < -0.39 is 0 Å². The molecule has 2 rings (SSSR count). The second-order valence-electron chi connectivity index (χ2n) is 6.15. The molecule has 2 aromatic rings. The molecule has 0 atom stereocenters. The van der Waals surface area contributed by atoms with Crippen molar-refractivity contribution in [3.63, 3.8) is 0 Å². The molecule has 0 saturated heterocycles. The van der Waals surface area contributed by atoms with Crippen molar-refractivity contribution in [2.75, 3.05) is 33.4 Å². The Morgan fingerprint density at radius 1 is 1.15 bits per heavy atom. The minimum atomic E-state index is 0.527. The third-order valence-corrected chi connectivity index (χ3v) is 3.92. The number of aliphatic imine (C=N–C) groups is 1. The lowest BCUT2D eigenvalue weighted by Crippen LogP contribution is -2.38. The van der Waals surface area contributed by atoms with Gasteiger partial charge in [0.1, 0.15) is 12.4 Å².